The second kappa shape index (κ2) is 8.33. The van der Waals surface area contributed by atoms with E-state index in [2.05, 4.69) is 15.1 Å². The van der Waals surface area contributed by atoms with E-state index >= 15 is 0 Å². The van der Waals surface area contributed by atoms with Crippen LogP contribution in [0.15, 0.2) is 47.9 Å². The summed E-state index contributed by atoms with van der Waals surface area (Å²) in [5, 5.41) is 4.28. The van der Waals surface area contributed by atoms with Gasteiger partial charge in [-0.3, -0.25) is 19.1 Å². The number of hydrogen-bond donors (Lipinski definition) is 0. The van der Waals surface area contributed by atoms with Crippen LogP contribution in [-0.2, 0) is 13.1 Å². The smallest absolute Gasteiger partial charge is 0.260 e. The van der Waals surface area contributed by atoms with Crippen LogP contribution in [0.25, 0.3) is 11.3 Å². The number of hydrogen-bond acceptors (Lipinski definition) is 6. The van der Waals surface area contributed by atoms with Crippen molar-refractivity contribution in [2.45, 2.75) is 32.4 Å². The van der Waals surface area contributed by atoms with E-state index in [0.29, 0.717) is 49.3 Å². The molecule has 3 aromatic heterocycles. The summed E-state index contributed by atoms with van der Waals surface area (Å²) in [4.78, 5) is 35.9. The van der Waals surface area contributed by atoms with Crippen LogP contribution in [-0.4, -0.2) is 54.8 Å². The topological polar surface area (TPSA) is 95.1 Å². The van der Waals surface area contributed by atoms with Crippen LogP contribution in [0.2, 0.25) is 0 Å². The highest BCUT2D eigenvalue weighted by molar-refractivity contribution is 5.96. The molecule has 160 valence electrons. The van der Waals surface area contributed by atoms with Crippen LogP contribution in [0.1, 0.15) is 29.6 Å². The predicted molar refractivity (Wildman–Crippen MR) is 113 cm³/mol. The van der Waals surface area contributed by atoms with Crippen LogP contribution in [0, 0.1) is 5.92 Å². The summed E-state index contributed by atoms with van der Waals surface area (Å²) in [5.74, 6) is 0.885. The number of nitrogens with zero attached hydrogens (tertiary/aromatic N) is 6. The first-order chi connectivity index (χ1) is 15.2. The fourth-order valence-corrected chi connectivity index (χ4v) is 4.22. The van der Waals surface area contributed by atoms with E-state index in [1.807, 2.05) is 17.0 Å². The number of fused-ring (bicyclic) bond motifs is 1. The standard InChI is InChI=1S/C22H24N6O3/c29-20-11-19(17-3-1-6-23-12-17)24-15-27(20)14-16-4-8-26(9-5-16)21(30)18-13-25-28-7-2-10-31-22(18)28/h1,3,6,11-13,15-16H,2,4-5,7-10,14H2. The molecule has 1 fully saturated rings. The minimum Gasteiger partial charge on any atom is -0.477 e. The van der Waals surface area contributed by atoms with Gasteiger partial charge in [-0.1, -0.05) is 0 Å². The predicted octanol–water partition coefficient (Wildman–Crippen LogP) is 1.84. The maximum Gasteiger partial charge on any atom is 0.260 e. The molecular formula is C22H24N6O3. The Morgan fingerprint density at radius 3 is 2.84 bits per heavy atom. The highest BCUT2D eigenvalue weighted by Crippen LogP contribution is 2.26. The summed E-state index contributed by atoms with van der Waals surface area (Å²) >= 11 is 0. The summed E-state index contributed by atoms with van der Waals surface area (Å²) < 4.78 is 9.08. The van der Waals surface area contributed by atoms with Crippen LogP contribution in [0.5, 0.6) is 5.88 Å². The van der Waals surface area contributed by atoms with Crippen molar-refractivity contribution in [3.63, 3.8) is 0 Å². The molecule has 0 bridgehead atoms. The SMILES string of the molecule is O=C(c1cnn2c1OCCC2)N1CCC(Cn2cnc(-c3cccnc3)cc2=O)CC1. The van der Waals surface area contributed by atoms with Crippen molar-refractivity contribution >= 4 is 5.91 Å². The van der Waals surface area contributed by atoms with E-state index in [-0.39, 0.29) is 11.5 Å². The van der Waals surface area contributed by atoms with Gasteiger partial charge in [-0.15, -0.1) is 0 Å². The van der Waals surface area contributed by atoms with Crippen molar-refractivity contribution in [2.75, 3.05) is 19.7 Å². The Morgan fingerprint density at radius 2 is 2.06 bits per heavy atom. The number of carbonyl (C=O) groups is 1. The quantitative estimate of drug-likeness (QED) is 0.639. The number of aryl methyl sites for hydroxylation is 1. The highest BCUT2D eigenvalue weighted by atomic mass is 16.5. The lowest BCUT2D eigenvalue weighted by molar-refractivity contribution is 0.0675. The van der Waals surface area contributed by atoms with Crippen LogP contribution in [0.4, 0.5) is 0 Å². The number of likely N-dealkylation sites (tertiary alicyclic amines) is 1. The van der Waals surface area contributed by atoms with Crippen LogP contribution < -0.4 is 10.3 Å². The van der Waals surface area contributed by atoms with Gasteiger partial charge in [0.05, 0.1) is 24.8 Å². The number of aromatic nitrogens is 5. The number of pyridine rings is 1. The van der Waals surface area contributed by atoms with Gasteiger partial charge in [0.2, 0.25) is 5.88 Å². The lowest BCUT2D eigenvalue weighted by atomic mass is 9.96. The van der Waals surface area contributed by atoms with E-state index < -0.39 is 0 Å². The zero-order valence-corrected chi connectivity index (χ0v) is 17.2. The summed E-state index contributed by atoms with van der Waals surface area (Å²) in [6.45, 7) is 3.32. The number of rotatable bonds is 4. The minimum atomic E-state index is -0.0731. The van der Waals surface area contributed by atoms with Crippen molar-refractivity contribution in [2.24, 2.45) is 5.92 Å². The third-order valence-electron chi connectivity index (χ3n) is 5.97. The zero-order valence-electron chi connectivity index (χ0n) is 17.2. The van der Waals surface area contributed by atoms with Crippen molar-refractivity contribution in [3.8, 4) is 17.1 Å². The molecule has 9 heteroatoms. The Bertz CT molecular complexity index is 1130. The van der Waals surface area contributed by atoms with Gasteiger partial charge in [0, 0.05) is 56.6 Å². The van der Waals surface area contributed by atoms with E-state index in [4.69, 9.17) is 4.74 Å². The first-order valence-corrected chi connectivity index (χ1v) is 10.6. The molecule has 0 aliphatic carbocycles. The minimum absolute atomic E-state index is 0.0266. The molecule has 5 heterocycles. The number of piperidine rings is 1. The Labute approximate surface area is 179 Å². The average molecular weight is 420 g/mol. The second-order valence-corrected chi connectivity index (χ2v) is 8.03. The molecule has 1 saturated heterocycles. The van der Waals surface area contributed by atoms with Gasteiger partial charge >= 0.3 is 0 Å². The fraction of sp³-hybridized carbons (Fsp3) is 0.409. The van der Waals surface area contributed by atoms with Gasteiger partial charge in [-0.2, -0.15) is 5.10 Å². The average Bonchev–Trinajstić information content (AvgIpc) is 3.25. The van der Waals surface area contributed by atoms with Crippen molar-refractivity contribution in [3.05, 3.63) is 59.0 Å². The molecular weight excluding hydrogens is 396 g/mol. The summed E-state index contributed by atoms with van der Waals surface area (Å²) in [7, 11) is 0. The first-order valence-electron chi connectivity index (χ1n) is 10.6. The van der Waals surface area contributed by atoms with Crippen LogP contribution >= 0.6 is 0 Å². The molecule has 5 rings (SSSR count). The zero-order chi connectivity index (χ0) is 21.2. The van der Waals surface area contributed by atoms with Gasteiger partial charge < -0.3 is 9.64 Å². The number of carbonyl (C=O) groups excluding carboxylic acids is 1. The molecule has 3 aromatic rings. The molecule has 31 heavy (non-hydrogen) atoms. The number of amides is 1. The third-order valence-corrected chi connectivity index (χ3v) is 5.97. The molecule has 0 spiro atoms. The molecule has 0 radical (unpaired) electrons. The molecule has 0 atom stereocenters. The van der Waals surface area contributed by atoms with Gasteiger partial charge in [0.15, 0.2) is 0 Å². The molecule has 2 aliphatic rings. The Morgan fingerprint density at radius 1 is 1.19 bits per heavy atom. The molecule has 0 saturated carbocycles. The van der Waals surface area contributed by atoms with Crippen molar-refractivity contribution in [1.29, 1.82) is 0 Å². The van der Waals surface area contributed by atoms with Crippen molar-refractivity contribution in [1.82, 2.24) is 29.2 Å². The molecule has 0 N–H and O–H groups in total. The molecule has 2 aliphatic heterocycles. The molecule has 0 aromatic carbocycles. The summed E-state index contributed by atoms with van der Waals surface area (Å²) in [6.07, 6.45) is 9.20. The summed E-state index contributed by atoms with van der Waals surface area (Å²) in [5.41, 5.74) is 1.92. The Balaban J connectivity index is 1.21. The first kappa shape index (κ1) is 19.5. The second-order valence-electron chi connectivity index (χ2n) is 8.03. The van der Waals surface area contributed by atoms with Gasteiger partial charge in [-0.25, -0.2) is 9.67 Å². The largest absolute Gasteiger partial charge is 0.477 e. The van der Waals surface area contributed by atoms with Gasteiger partial charge in [0.25, 0.3) is 11.5 Å². The summed E-state index contributed by atoms with van der Waals surface area (Å²) in [6, 6.07) is 5.26. The third kappa shape index (κ3) is 3.95. The van der Waals surface area contributed by atoms with E-state index in [9.17, 15) is 9.59 Å². The van der Waals surface area contributed by atoms with Crippen LogP contribution in [0.3, 0.4) is 0 Å². The lowest BCUT2D eigenvalue weighted by Gasteiger charge is -2.32. The number of ether oxygens (including phenoxy) is 1. The maximum atomic E-state index is 12.9. The molecule has 9 nitrogen and oxygen atoms in total. The lowest BCUT2D eigenvalue weighted by Crippen LogP contribution is -2.40. The van der Waals surface area contributed by atoms with Crippen molar-refractivity contribution < 1.29 is 9.53 Å². The maximum absolute atomic E-state index is 12.9. The normalized spacial score (nSPS) is 16.6. The fourth-order valence-electron chi connectivity index (χ4n) is 4.22. The molecule has 1 amide bonds. The van der Waals surface area contributed by atoms with Gasteiger partial charge in [-0.05, 0) is 30.9 Å². The van der Waals surface area contributed by atoms with Gasteiger partial charge in [0.1, 0.15) is 5.56 Å². The van der Waals surface area contributed by atoms with E-state index in [0.717, 1.165) is 31.4 Å². The van der Waals surface area contributed by atoms with E-state index in [1.165, 1.54) is 0 Å². The monoisotopic (exact) mass is 420 g/mol. The Kier molecular flexibility index (Phi) is 5.23. The Hall–Kier alpha value is -3.49. The molecule has 0 unspecified atom stereocenters. The van der Waals surface area contributed by atoms with E-state index in [1.54, 1.807) is 40.2 Å². The highest BCUT2D eigenvalue weighted by Gasteiger charge is 2.29.